The lowest BCUT2D eigenvalue weighted by atomic mass is 9.87. The molecule has 7 heteroatoms. The fraction of sp³-hybridized carbons (Fsp3) is 0.360. The van der Waals surface area contributed by atoms with E-state index < -0.39 is 6.04 Å². The van der Waals surface area contributed by atoms with Crippen LogP contribution in [0.3, 0.4) is 0 Å². The Morgan fingerprint density at radius 2 is 1.72 bits per heavy atom. The number of pyridine rings is 1. The standard InChI is InChI=1S/C25H28N2O5/c1-14(2)25(29)27-9-8-15-12-21(31-4)22(32-5)13-18(15)23(27)19-11-16-10-17(30-3)6-7-20(16)26-24(19)28/h6-7,10-14,23H,8-9H2,1-5H3,(H,26,28). The maximum Gasteiger partial charge on any atom is 0.254 e. The van der Waals surface area contributed by atoms with Crippen molar-refractivity contribution in [3.05, 3.63) is 63.4 Å². The second-order valence-electron chi connectivity index (χ2n) is 8.25. The molecule has 0 saturated carbocycles. The van der Waals surface area contributed by atoms with Crippen molar-refractivity contribution in [3.63, 3.8) is 0 Å². The predicted molar refractivity (Wildman–Crippen MR) is 123 cm³/mol. The van der Waals surface area contributed by atoms with Gasteiger partial charge in [-0.3, -0.25) is 9.59 Å². The Labute approximate surface area is 186 Å². The molecule has 2 aromatic carbocycles. The summed E-state index contributed by atoms with van der Waals surface area (Å²) in [6.45, 7) is 4.26. The first-order chi connectivity index (χ1) is 15.4. The van der Waals surface area contributed by atoms with Gasteiger partial charge in [-0.15, -0.1) is 0 Å². The van der Waals surface area contributed by atoms with Crippen LogP contribution in [0.5, 0.6) is 17.2 Å². The van der Waals surface area contributed by atoms with Crippen molar-refractivity contribution in [2.45, 2.75) is 26.3 Å². The van der Waals surface area contributed by atoms with Gasteiger partial charge in [-0.25, -0.2) is 0 Å². The molecule has 1 unspecified atom stereocenters. The number of amides is 1. The number of hydrogen-bond acceptors (Lipinski definition) is 5. The van der Waals surface area contributed by atoms with E-state index in [1.165, 1.54) is 0 Å². The maximum absolute atomic E-state index is 13.2. The molecule has 168 valence electrons. The number of ether oxygens (including phenoxy) is 3. The number of carbonyl (C=O) groups excluding carboxylic acids is 1. The molecule has 0 bridgehead atoms. The SMILES string of the molecule is COc1ccc2[nH]c(=O)c(C3c4cc(OC)c(OC)cc4CCN3C(=O)C(C)C)cc2c1. The molecule has 1 aliphatic rings. The van der Waals surface area contributed by atoms with Crippen molar-refractivity contribution in [1.82, 2.24) is 9.88 Å². The lowest BCUT2D eigenvalue weighted by Crippen LogP contribution is -2.44. The number of fused-ring (bicyclic) bond motifs is 2. The topological polar surface area (TPSA) is 80.9 Å². The van der Waals surface area contributed by atoms with Gasteiger partial charge in [-0.2, -0.15) is 0 Å². The number of nitrogens with one attached hydrogen (secondary N) is 1. The quantitative estimate of drug-likeness (QED) is 0.660. The molecule has 0 aliphatic carbocycles. The van der Waals surface area contributed by atoms with Crippen molar-refractivity contribution in [2.24, 2.45) is 5.92 Å². The lowest BCUT2D eigenvalue weighted by Gasteiger charge is -2.38. The van der Waals surface area contributed by atoms with Gasteiger partial charge in [0.1, 0.15) is 5.75 Å². The summed E-state index contributed by atoms with van der Waals surface area (Å²) < 4.78 is 16.4. The Morgan fingerprint density at radius 1 is 1.00 bits per heavy atom. The number of aromatic amines is 1. The highest BCUT2D eigenvalue weighted by molar-refractivity contribution is 5.82. The third-order valence-electron chi connectivity index (χ3n) is 6.03. The van der Waals surface area contributed by atoms with Crippen molar-refractivity contribution < 1.29 is 19.0 Å². The van der Waals surface area contributed by atoms with Gasteiger partial charge in [0.15, 0.2) is 11.5 Å². The van der Waals surface area contributed by atoms with Crippen LogP contribution in [0.25, 0.3) is 10.9 Å². The zero-order chi connectivity index (χ0) is 23.0. The van der Waals surface area contributed by atoms with Gasteiger partial charge in [-0.1, -0.05) is 13.8 Å². The van der Waals surface area contributed by atoms with Crippen LogP contribution < -0.4 is 19.8 Å². The fourth-order valence-electron chi connectivity index (χ4n) is 4.38. The highest BCUT2D eigenvalue weighted by Gasteiger charge is 2.35. The van der Waals surface area contributed by atoms with Crippen LogP contribution in [-0.2, 0) is 11.2 Å². The van der Waals surface area contributed by atoms with E-state index in [-0.39, 0.29) is 17.4 Å². The van der Waals surface area contributed by atoms with Crippen molar-refractivity contribution in [3.8, 4) is 17.2 Å². The Bertz CT molecular complexity index is 1230. The normalized spacial score (nSPS) is 15.6. The van der Waals surface area contributed by atoms with Gasteiger partial charge < -0.3 is 24.1 Å². The van der Waals surface area contributed by atoms with Gasteiger partial charge in [0, 0.05) is 28.9 Å². The van der Waals surface area contributed by atoms with Crippen molar-refractivity contribution in [1.29, 1.82) is 0 Å². The largest absolute Gasteiger partial charge is 0.497 e. The van der Waals surface area contributed by atoms with E-state index in [0.29, 0.717) is 41.3 Å². The summed E-state index contributed by atoms with van der Waals surface area (Å²) in [5.41, 5.74) is 2.90. The Hall–Kier alpha value is -3.48. The third kappa shape index (κ3) is 3.68. The molecule has 0 fully saturated rings. The lowest BCUT2D eigenvalue weighted by molar-refractivity contribution is -0.136. The molecular formula is C25H28N2O5. The summed E-state index contributed by atoms with van der Waals surface area (Å²) in [4.78, 5) is 31.2. The minimum Gasteiger partial charge on any atom is -0.497 e. The van der Waals surface area contributed by atoms with Crippen LogP contribution in [0.15, 0.2) is 41.2 Å². The first-order valence-electron chi connectivity index (χ1n) is 10.6. The maximum atomic E-state index is 13.2. The first-order valence-corrected chi connectivity index (χ1v) is 10.6. The summed E-state index contributed by atoms with van der Waals surface area (Å²) in [7, 11) is 4.78. The molecule has 1 atom stereocenters. The number of hydrogen-bond donors (Lipinski definition) is 1. The number of rotatable bonds is 5. The number of H-pyrrole nitrogens is 1. The van der Waals surface area contributed by atoms with Crippen LogP contribution in [0, 0.1) is 5.92 Å². The molecule has 1 aromatic heterocycles. The van der Waals surface area contributed by atoms with Gasteiger partial charge in [0.2, 0.25) is 5.91 Å². The van der Waals surface area contributed by atoms with Gasteiger partial charge in [0.05, 0.1) is 27.4 Å². The van der Waals surface area contributed by atoms with E-state index in [2.05, 4.69) is 4.98 Å². The molecule has 7 nitrogen and oxygen atoms in total. The molecule has 0 spiro atoms. The highest BCUT2D eigenvalue weighted by atomic mass is 16.5. The summed E-state index contributed by atoms with van der Waals surface area (Å²) in [6.07, 6.45) is 0.671. The molecule has 1 amide bonds. The molecule has 0 saturated heterocycles. The average molecular weight is 437 g/mol. The van der Waals surface area contributed by atoms with Gasteiger partial charge in [0.25, 0.3) is 5.56 Å². The van der Waals surface area contributed by atoms with Crippen molar-refractivity contribution in [2.75, 3.05) is 27.9 Å². The first kappa shape index (κ1) is 21.7. The van der Waals surface area contributed by atoms with Crippen LogP contribution in [0.1, 0.15) is 36.6 Å². The Morgan fingerprint density at radius 3 is 2.38 bits per heavy atom. The highest BCUT2D eigenvalue weighted by Crippen LogP contribution is 2.41. The monoisotopic (exact) mass is 436 g/mol. The summed E-state index contributed by atoms with van der Waals surface area (Å²) in [5, 5.41) is 0.837. The third-order valence-corrected chi connectivity index (χ3v) is 6.03. The number of benzene rings is 2. The molecule has 0 radical (unpaired) electrons. The minimum atomic E-state index is -0.534. The van der Waals surface area contributed by atoms with E-state index in [1.54, 1.807) is 32.3 Å². The number of nitrogens with zero attached hydrogens (tertiary/aromatic N) is 1. The Balaban J connectivity index is 1.97. The number of aromatic nitrogens is 1. The summed E-state index contributed by atoms with van der Waals surface area (Å²) >= 11 is 0. The number of carbonyl (C=O) groups is 1. The van der Waals surface area contributed by atoms with Crippen LogP contribution >= 0.6 is 0 Å². The number of methoxy groups -OCH3 is 3. The van der Waals surface area contributed by atoms with Crippen LogP contribution in [-0.4, -0.2) is 43.7 Å². The molecule has 1 aliphatic heterocycles. The molecule has 4 rings (SSSR count). The van der Waals surface area contributed by atoms with Crippen molar-refractivity contribution >= 4 is 16.8 Å². The second-order valence-corrected chi connectivity index (χ2v) is 8.25. The smallest absolute Gasteiger partial charge is 0.254 e. The van der Waals surface area contributed by atoms with Gasteiger partial charge >= 0.3 is 0 Å². The van der Waals surface area contributed by atoms with E-state index in [9.17, 15) is 9.59 Å². The molecule has 2 heterocycles. The summed E-state index contributed by atoms with van der Waals surface area (Å²) in [6, 6.07) is 10.6. The van der Waals surface area contributed by atoms with Crippen LogP contribution in [0.4, 0.5) is 0 Å². The second kappa shape index (κ2) is 8.57. The zero-order valence-corrected chi connectivity index (χ0v) is 19.0. The van der Waals surface area contributed by atoms with Crippen LogP contribution in [0.2, 0.25) is 0 Å². The minimum absolute atomic E-state index is 0.000532. The Kier molecular flexibility index (Phi) is 5.82. The van der Waals surface area contributed by atoms with E-state index in [0.717, 1.165) is 16.5 Å². The molecule has 1 N–H and O–H groups in total. The summed E-state index contributed by atoms with van der Waals surface area (Å²) in [5.74, 6) is 1.69. The average Bonchev–Trinajstić information content (AvgIpc) is 2.81. The molecular weight excluding hydrogens is 408 g/mol. The van der Waals surface area contributed by atoms with Gasteiger partial charge in [-0.05, 0) is 53.9 Å². The van der Waals surface area contributed by atoms with E-state index >= 15 is 0 Å². The fourth-order valence-corrected chi connectivity index (χ4v) is 4.38. The molecule has 32 heavy (non-hydrogen) atoms. The zero-order valence-electron chi connectivity index (χ0n) is 19.0. The van der Waals surface area contributed by atoms with E-state index in [4.69, 9.17) is 14.2 Å². The predicted octanol–water partition coefficient (Wildman–Crippen LogP) is 3.68. The van der Waals surface area contributed by atoms with E-state index in [1.807, 2.05) is 44.2 Å². The molecule has 3 aromatic rings.